The van der Waals surface area contributed by atoms with Crippen LogP contribution in [0.15, 0.2) is 76.1 Å². The maximum absolute atomic E-state index is 13.2. The van der Waals surface area contributed by atoms with E-state index in [1.54, 1.807) is 12.1 Å². The Morgan fingerprint density at radius 3 is 2.16 bits per heavy atom. The van der Waals surface area contributed by atoms with E-state index in [-0.39, 0.29) is 11.3 Å². The predicted octanol–water partition coefficient (Wildman–Crippen LogP) is 5.20. The molecule has 3 aromatic rings. The number of sulfonamides is 1. The molecular weight excluding hydrogens is 591 g/mol. The van der Waals surface area contributed by atoms with Gasteiger partial charge in [-0.05, 0) is 95.9 Å². The van der Waals surface area contributed by atoms with E-state index < -0.39 is 22.0 Å². The summed E-state index contributed by atoms with van der Waals surface area (Å²) < 4.78 is 30.4. The van der Waals surface area contributed by atoms with Crippen LogP contribution in [-0.2, 0) is 21.2 Å². The molecule has 0 aromatic heterocycles. The fourth-order valence-corrected chi connectivity index (χ4v) is 5.47. The van der Waals surface area contributed by atoms with Crippen molar-refractivity contribution in [3.63, 3.8) is 0 Å². The molecule has 0 aliphatic carbocycles. The van der Waals surface area contributed by atoms with Crippen LogP contribution in [-0.4, -0.2) is 20.4 Å². The molecule has 3 rings (SSSR count). The largest absolute Gasteiger partial charge is 0.324 e. The Bertz CT molecular complexity index is 1160. The third-order valence-corrected chi connectivity index (χ3v) is 7.43. The Labute approximate surface area is 205 Å². The molecule has 0 aliphatic rings. The SMILES string of the molecule is Cc1cc(Br)cc(C)c1NC(=O)[C@@H](Cc1ccccc1)NS(=O)(=O)c1ccc(I)cc1. The molecule has 5 nitrogen and oxygen atoms in total. The molecule has 0 unspecified atom stereocenters. The van der Waals surface area contributed by atoms with Gasteiger partial charge in [0.1, 0.15) is 6.04 Å². The molecule has 2 N–H and O–H groups in total. The maximum atomic E-state index is 13.2. The van der Waals surface area contributed by atoms with Gasteiger partial charge in [0.15, 0.2) is 0 Å². The molecule has 0 saturated heterocycles. The van der Waals surface area contributed by atoms with Crippen molar-refractivity contribution in [2.45, 2.75) is 31.2 Å². The molecule has 8 heteroatoms. The van der Waals surface area contributed by atoms with E-state index in [1.807, 2.05) is 56.3 Å². The average molecular weight is 613 g/mol. The zero-order valence-corrected chi connectivity index (χ0v) is 21.6. The van der Waals surface area contributed by atoms with Gasteiger partial charge < -0.3 is 5.32 Å². The van der Waals surface area contributed by atoms with E-state index >= 15 is 0 Å². The van der Waals surface area contributed by atoms with Crippen molar-refractivity contribution in [2.75, 3.05) is 5.32 Å². The molecule has 0 fully saturated rings. The first kappa shape index (κ1) is 23.9. The fourth-order valence-electron chi connectivity index (χ4n) is 3.22. The summed E-state index contributed by atoms with van der Waals surface area (Å²) in [4.78, 5) is 13.3. The van der Waals surface area contributed by atoms with Crippen LogP contribution in [0.3, 0.4) is 0 Å². The first-order chi connectivity index (χ1) is 14.7. The number of carbonyl (C=O) groups excluding carboxylic acids is 1. The standard InChI is InChI=1S/C23H22BrIN2O3S/c1-15-12-18(24)13-16(2)22(15)26-23(28)21(14-17-6-4-3-5-7-17)27-31(29,30)20-10-8-19(25)9-11-20/h3-13,21,27H,14H2,1-2H3,(H,26,28)/t21-/m1/s1. The Morgan fingerprint density at radius 1 is 1.00 bits per heavy atom. The van der Waals surface area contributed by atoms with Crippen LogP contribution in [0.25, 0.3) is 0 Å². The summed E-state index contributed by atoms with van der Waals surface area (Å²) >= 11 is 5.57. The summed E-state index contributed by atoms with van der Waals surface area (Å²) in [7, 11) is -3.88. The van der Waals surface area contributed by atoms with Crippen molar-refractivity contribution in [1.29, 1.82) is 0 Å². The summed E-state index contributed by atoms with van der Waals surface area (Å²) in [6.45, 7) is 3.80. The van der Waals surface area contributed by atoms with E-state index in [1.165, 1.54) is 12.1 Å². The van der Waals surface area contributed by atoms with Gasteiger partial charge >= 0.3 is 0 Å². The number of amides is 1. The van der Waals surface area contributed by atoms with Gasteiger partial charge in [-0.1, -0.05) is 46.3 Å². The second-order valence-electron chi connectivity index (χ2n) is 7.22. The molecule has 1 atom stereocenters. The average Bonchev–Trinajstić information content (AvgIpc) is 2.71. The van der Waals surface area contributed by atoms with E-state index in [0.29, 0.717) is 5.69 Å². The van der Waals surface area contributed by atoms with E-state index in [4.69, 9.17) is 0 Å². The van der Waals surface area contributed by atoms with Crippen LogP contribution in [0.4, 0.5) is 5.69 Å². The highest BCUT2D eigenvalue weighted by Gasteiger charge is 2.27. The quantitative estimate of drug-likeness (QED) is 0.360. The van der Waals surface area contributed by atoms with Gasteiger partial charge in [-0.2, -0.15) is 4.72 Å². The van der Waals surface area contributed by atoms with Crippen LogP contribution in [0, 0.1) is 17.4 Å². The fraction of sp³-hybridized carbons (Fsp3) is 0.174. The first-order valence-electron chi connectivity index (χ1n) is 9.55. The molecule has 0 heterocycles. The minimum Gasteiger partial charge on any atom is -0.324 e. The lowest BCUT2D eigenvalue weighted by molar-refractivity contribution is -0.117. The van der Waals surface area contributed by atoms with Crippen molar-refractivity contribution in [2.24, 2.45) is 0 Å². The highest BCUT2D eigenvalue weighted by Crippen LogP contribution is 2.25. The summed E-state index contributed by atoms with van der Waals surface area (Å²) in [6, 6.07) is 18.7. The van der Waals surface area contributed by atoms with Gasteiger partial charge in [0.25, 0.3) is 0 Å². The number of rotatable bonds is 7. The number of carbonyl (C=O) groups is 1. The number of anilines is 1. The second-order valence-corrected chi connectivity index (χ2v) is 11.1. The highest BCUT2D eigenvalue weighted by molar-refractivity contribution is 14.1. The summed E-state index contributed by atoms with van der Waals surface area (Å²) in [5.74, 6) is -0.411. The molecule has 0 aliphatic heterocycles. The van der Waals surface area contributed by atoms with Crippen LogP contribution in [0.5, 0.6) is 0 Å². The lowest BCUT2D eigenvalue weighted by Gasteiger charge is -2.20. The smallest absolute Gasteiger partial charge is 0.242 e. The normalized spacial score (nSPS) is 12.4. The van der Waals surface area contributed by atoms with Gasteiger partial charge in [-0.25, -0.2) is 8.42 Å². The number of nitrogens with one attached hydrogen (secondary N) is 2. The molecule has 0 spiro atoms. The third-order valence-electron chi connectivity index (χ3n) is 4.77. The van der Waals surface area contributed by atoms with Crippen molar-refractivity contribution in [1.82, 2.24) is 4.72 Å². The Hall–Kier alpha value is -1.75. The Morgan fingerprint density at radius 2 is 1.58 bits per heavy atom. The molecule has 31 heavy (non-hydrogen) atoms. The Balaban J connectivity index is 1.91. The number of hydrogen-bond acceptors (Lipinski definition) is 3. The maximum Gasteiger partial charge on any atom is 0.242 e. The van der Waals surface area contributed by atoms with Gasteiger partial charge in [0.05, 0.1) is 4.90 Å². The van der Waals surface area contributed by atoms with Crippen LogP contribution in [0.2, 0.25) is 0 Å². The van der Waals surface area contributed by atoms with Crippen molar-refractivity contribution in [3.8, 4) is 0 Å². The van der Waals surface area contributed by atoms with Crippen LogP contribution < -0.4 is 10.0 Å². The number of hydrogen-bond donors (Lipinski definition) is 2. The molecule has 3 aromatic carbocycles. The zero-order chi connectivity index (χ0) is 22.6. The Kier molecular flexibility index (Phi) is 7.90. The molecule has 0 radical (unpaired) electrons. The minimum atomic E-state index is -3.88. The highest BCUT2D eigenvalue weighted by atomic mass is 127. The van der Waals surface area contributed by atoms with Crippen LogP contribution >= 0.6 is 38.5 Å². The lowest BCUT2D eigenvalue weighted by atomic mass is 10.0. The third kappa shape index (κ3) is 6.38. The van der Waals surface area contributed by atoms with Crippen molar-refractivity contribution < 1.29 is 13.2 Å². The monoisotopic (exact) mass is 612 g/mol. The zero-order valence-electron chi connectivity index (χ0n) is 17.0. The number of halogens is 2. The van der Waals surface area contributed by atoms with E-state index in [2.05, 4.69) is 48.6 Å². The molecule has 0 saturated carbocycles. The predicted molar refractivity (Wildman–Crippen MR) is 136 cm³/mol. The molecule has 0 bridgehead atoms. The number of aryl methyl sites for hydroxylation is 2. The van der Waals surface area contributed by atoms with Crippen LogP contribution in [0.1, 0.15) is 16.7 Å². The van der Waals surface area contributed by atoms with Gasteiger partial charge in [-0.15, -0.1) is 0 Å². The summed E-state index contributed by atoms with van der Waals surface area (Å²) in [5, 5.41) is 2.92. The van der Waals surface area contributed by atoms with E-state index in [9.17, 15) is 13.2 Å². The summed E-state index contributed by atoms with van der Waals surface area (Å²) in [5.41, 5.74) is 3.32. The van der Waals surface area contributed by atoms with Gasteiger partial charge in [-0.3, -0.25) is 4.79 Å². The second kappa shape index (κ2) is 10.2. The van der Waals surface area contributed by atoms with Crippen molar-refractivity contribution in [3.05, 3.63) is 91.5 Å². The number of benzene rings is 3. The van der Waals surface area contributed by atoms with Crippen molar-refractivity contribution >= 4 is 60.1 Å². The lowest BCUT2D eigenvalue weighted by Crippen LogP contribution is -2.45. The molecule has 1 amide bonds. The van der Waals surface area contributed by atoms with E-state index in [0.717, 1.165) is 24.7 Å². The minimum absolute atomic E-state index is 0.120. The molecule has 162 valence electrons. The first-order valence-corrected chi connectivity index (χ1v) is 12.9. The molecular formula is C23H22BrIN2O3S. The van der Waals surface area contributed by atoms with Gasteiger partial charge in [0, 0.05) is 13.7 Å². The topological polar surface area (TPSA) is 75.3 Å². The van der Waals surface area contributed by atoms with Gasteiger partial charge in [0.2, 0.25) is 15.9 Å². The summed E-state index contributed by atoms with van der Waals surface area (Å²) in [6.07, 6.45) is 0.227.